The van der Waals surface area contributed by atoms with Crippen molar-refractivity contribution in [3.05, 3.63) is 30.2 Å². The molecular weight excluding hydrogens is 186 g/mol. The van der Waals surface area contributed by atoms with E-state index in [1.165, 1.54) is 0 Å². The molecule has 0 aliphatic carbocycles. The molecule has 0 atom stereocenters. The van der Waals surface area contributed by atoms with Crippen molar-refractivity contribution in [1.82, 2.24) is 14.6 Å². The molecule has 3 nitrogen and oxygen atoms in total. The van der Waals surface area contributed by atoms with Crippen molar-refractivity contribution in [2.75, 3.05) is 0 Å². The lowest BCUT2D eigenvalue weighted by Crippen LogP contribution is -2.23. The van der Waals surface area contributed by atoms with Gasteiger partial charge in [0, 0.05) is 11.6 Å². The van der Waals surface area contributed by atoms with Gasteiger partial charge in [-0.1, -0.05) is 26.8 Å². The smallest absolute Gasteiger partial charge is 0.160 e. The lowest BCUT2D eigenvalue weighted by Gasteiger charge is -2.24. The van der Waals surface area contributed by atoms with Crippen LogP contribution in [0.1, 0.15) is 39.4 Å². The highest BCUT2D eigenvalue weighted by molar-refractivity contribution is 5.38. The van der Waals surface area contributed by atoms with Crippen LogP contribution in [0.25, 0.3) is 5.65 Å². The van der Waals surface area contributed by atoms with Gasteiger partial charge >= 0.3 is 0 Å². The summed E-state index contributed by atoms with van der Waals surface area (Å²) in [6.07, 6.45) is 4.20. The second-order valence-corrected chi connectivity index (χ2v) is 4.22. The molecule has 0 saturated heterocycles. The molecule has 0 fully saturated rings. The molecule has 2 heterocycles. The fourth-order valence-corrected chi connectivity index (χ4v) is 1.82. The number of aromatic nitrogens is 3. The molecular formula is C12H17N3. The van der Waals surface area contributed by atoms with Gasteiger partial charge in [0.15, 0.2) is 5.65 Å². The third-order valence-corrected chi connectivity index (χ3v) is 3.41. The van der Waals surface area contributed by atoms with Gasteiger partial charge in [-0.3, -0.25) is 4.40 Å². The normalized spacial score (nSPS) is 12.2. The summed E-state index contributed by atoms with van der Waals surface area (Å²) in [7, 11) is 0. The fraction of sp³-hybridized carbons (Fsp3) is 0.500. The minimum atomic E-state index is 0.126. The highest BCUT2D eigenvalue weighted by Crippen LogP contribution is 2.29. The monoisotopic (exact) mass is 203 g/mol. The van der Waals surface area contributed by atoms with Crippen molar-refractivity contribution in [2.24, 2.45) is 0 Å². The maximum atomic E-state index is 4.32. The van der Waals surface area contributed by atoms with Gasteiger partial charge in [-0.15, -0.1) is 10.2 Å². The third kappa shape index (κ3) is 1.52. The maximum Gasteiger partial charge on any atom is 0.160 e. The zero-order valence-corrected chi connectivity index (χ0v) is 9.57. The van der Waals surface area contributed by atoms with E-state index in [9.17, 15) is 0 Å². The predicted molar refractivity (Wildman–Crippen MR) is 60.9 cm³/mol. The summed E-state index contributed by atoms with van der Waals surface area (Å²) in [5.74, 6) is 1.07. The first-order valence-electron chi connectivity index (χ1n) is 5.51. The Bertz CT molecular complexity index is 455. The predicted octanol–water partition coefficient (Wildman–Crippen LogP) is 2.81. The lowest BCUT2D eigenvalue weighted by molar-refractivity contribution is 0.408. The molecule has 2 aromatic heterocycles. The standard InChI is InChI=1S/C12H17N3/c1-4-12(3,5-2)11-14-13-10-8-6-7-9-15(10)11/h6-9H,4-5H2,1-3H3. The zero-order chi connectivity index (χ0) is 10.9. The Kier molecular flexibility index (Phi) is 2.47. The Labute approximate surface area is 90.1 Å². The number of hydrogen-bond donors (Lipinski definition) is 0. The van der Waals surface area contributed by atoms with Crippen molar-refractivity contribution in [3.63, 3.8) is 0 Å². The molecule has 0 radical (unpaired) electrons. The first-order valence-corrected chi connectivity index (χ1v) is 5.51. The Hall–Kier alpha value is -1.38. The summed E-state index contributed by atoms with van der Waals surface area (Å²) >= 11 is 0. The number of hydrogen-bond acceptors (Lipinski definition) is 2. The number of nitrogens with zero attached hydrogens (tertiary/aromatic N) is 3. The highest BCUT2D eigenvalue weighted by atomic mass is 15.2. The molecule has 2 rings (SSSR count). The molecule has 0 bridgehead atoms. The average Bonchev–Trinajstić information content (AvgIpc) is 2.72. The van der Waals surface area contributed by atoms with Gasteiger partial charge in [0.1, 0.15) is 5.82 Å². The van der Waals surface area contributed by atoms with Crippen LogP contribution < -0.4 is 0 Å². The van der Waals surface area contributed by atoms with E-state index in [1.807, 2.05) is 24.4 Å². The third-order valence-electron chi connectivity index (χ3n) is 3.41. The fourth-order valence-electron chi connectivity index (χ4n) is 1.82. The summed E-state index contributed by atoms with van der Waals surface area (Å²) in [6.45, 7) is 6.65. The van der Waals surface area contributed by atoms with E-state index in [1.54, 1.807) is 0 Å². The van der Waals surface area contributed by atoms with E-state index < -0.39 is 0 Å². The lowest BCUT2D eigenvalue weighted by atomic mass is 9.84. The topological polar surface area (TPSA) is 30.2 Å². The highest BCUT2D eigenvalue weighted by Gasteiger charge is 2.27. The molecule has 0 unspecified atom stereocenters. The van der Waals surface area contributed by atoms with Crippen LogP contribution in [0.5, 0.6) is 0 Å². The SMILES string of the molecule is CCC(C)(CC)c1nnc2ccccn12. The van der Waals surface area contributed by atoms with Crippen LogP contribution in [0.15, 0.2) is 24.4 Å². The average molecular weight is 203 g/mol. The van der Waals surface area contributed by atoms with Gasteiger partial charge in [-0.25, -0.2) is 0 Å². The minimum absolute atomic E-state index is 0.126. The Morgan fingerprint density at radius 1 is 1.20 bits per heavy atom. The molecule has 2 aromatic rings. The van der Waals surface area contributed by atoms with Gasteiger partial charge in [0.2, 0.25) is 0 Å². The zero-order valence-electron chi connectivity index (χ0n) is 9.57. The largest absolute Gasteiger partial charge is 0.286 e. The van der Waals surface area contributed by atoms with Crippen LogP contribution in [-0.2, 0) is 5.41 Å². The van der Waals surface area contributed by atoms with Crippen molar-refractivity contribution in [3.8, 4) is 0 Å². The molecule has 80 valence electrons. The van der Waals surface area contributed by atoms with Crippen LogP contribution >= 0.6 is 0 Å². The maximum absolute atomic E-state index is 4.32. The molecule has 0 N–H and O–H groups in total. The van der Waals surface area contributed by atoms with E-state index in [2.05, 4.69) is 35.4 Å². The molecule has 0 aliphatic rings. The molecule has 0 aliphatic heterocycles. The summed E-state index contributed by atoms with van der Waals surface area (Å²) < 4.78 is 2.09. The summed E-state index contributed by atoms with van der Waals surface area (Å²) in [6, 6.07) is 6.00. The number of pyridine rings is 1. The van der Waals surface area contributed by atoms with Gasteiger partial charge in [-0.05, 0) is 25.0 Å². The number of fused-ring (bicyclic) bond motifs is 1. The second-order valence-electron chi connectivity index (χ2n) is 4.22. The van der Waals surface area contributed by atoms with E-state index in [0.29, 0.717) is 0 Å². The summed E-state index contributed by atoms with van der Waals surface area (Å²) in [5, 5.41) is 8.52. The van der Waals surface area contributed by atoms with Crippen LogP contribution in [0.2, 0.25) is 0 Å². The molecule has 0 aromatic carbocycles. The molecule has 3 heteroatoms. The summed E-state index contributed by atoms with van der Waals surface area (Å²) in [5.41, 5.74) is 1.06. The molecule has 0 amide bonds. The van der Waals surface area contributed by atoms with E-state index in [4.69, 9.17) is 0 Å². The molecule has 0 saturated carbocycles. The first-order chi connectivity index (χ1) is 7.21. The van der Waals surface area contributed by atoms with Gasteiger partial charge < -0.3 is 0 Å². The van der Waals surface area contributed by atoms with Crippen LogP contribution in [0.4, 0.5) is 0 Å². The Balaban J connectivity index is 2.61. The number of rotatable bonds is 3. The summed E-state index contributed by atoms with van der Waals surface area (Å²) in [4.78, 5) is 0. The first kappa shape index (κ1) is 10.1. The van der Waals surface area contributed by atoms with Gasteiger partial charge in [-0.2, -0.15) is 0 Å². The van der Waals surface area contributed by atoms with Crippen molar-refractivity contribution in [1.29, 1.82) is 0 Å². The molecule has 15 heavy (non-hydrogen) atoms. The van der Waals surface area contributed by atoms with Crippen molar-refractivity contribution >= 4 is 5.65 Å². The Morgan fingerprint density at radius 2 is 1.93 bits per heavy atom. The van der Waals surface area contributed by atoms with Crippen LogP contribution in [0.3, 0.4) is 0 Å². The van der Waals surface area contributed by atoms with Crippen LogP contribution in [0, 0.1) is 0 Å². The van der Waals surface area contributed by atoms with Crippen molar-refractivity contribution < 1.29 is 0 Å². The van der Waals surface area contributed by atoms with Gasteiger partial charge in [0.25, 0.3) is 0 Å². The van der Waals surface area contributed by atoms with E-state index in [0.717, 1.165) is 24.3 Å². The second kappa shape index (κ2) is 3.65. The van der Waals surface area contributed by atoms with Crippen molar-refractivity contribution in [2.45, 2.75) is 39.0 Å². The van der Waals surface area contributed by atoms with Gasteiger partial charge in [0.05, 0.1) is 0 Å². The van der Waals surface area contributed by atoms with Crippen LogP contribution in [-0.4, -0.2) is 14.6 Å². The Morgan fingerprint density at radius 3 is 2.60 bits per heavy atom. The molecule has 0 spiro atoms. The van der Waals surface area contributed by atoms with E-state index in [-0.39, 0.29) is 5.41 Å². The van der Waals surface area contributed by atoms with E-state index >= 15 is 0 Å². The minimum Gasteiger partial charge on any atom is -0.286 e. The quantitative estimate of drug-likeness (QED) is 0.767.